The van der Waals surface area contributed by atoms with Crippen LogP contribution in [0.1, 0.15) is 22.5 Å². The van der Waals surface area contributed by atoms with Crippen LogP contribution in [0.15, 0.2) is 17.1 Å². The highest BCUT2D eigenvalue weighted by Crippen LogP contribution is 2.19. The molecule has 102 valence electrons. The molecule has 4 N–H and O–H groups in total. The van der Waals surface area contributed by atoms with Crippen molar-refractivity contribution in [1.29, 1.82) is 0 Å². The third-order valence-corrected chi connectivity index (χ3v) is 3.16. The Labute approximate surface area is 109 Å². The summed E-state index contributed by atoms with van der Waals surface area (Å²) in [6, 6.07) is 0.433. The molecule has 2 atom stereocenters. The smallest absolute Gasteiger partial charge is 0.260 e. The third-order valence-electron chi connectivity index (χ3n) is 3.16. The summed E-state index contributed by atoms with van der Waals surface area (Å²) in [6.45, 7) is 1.70. The van der Waals surface area contributed by atoms with Crippen molar-refractivity contribution in [2.75, 3.05) is 6.54 Å². The van der Waals surface area contributed by atoms with Crippen LogP contribution in [0.25, 0.3) is 0 Å². The van der Waals surface area contributed by atoms with Crippen molar-refractivity contribution in [3.05, 3.63) is 33.7 Å². The second kappa shape index (κ2) is 4.85. The molecule has 0 saturated carbocycles. The lowest BCUT2D eigenvalue weighted by molar-refractivity contribution is -0.121. The monoisotopic (exact) mass is 265 g/mol. The first-order valence-corrected chi connectivity index (χ1v) is 5.88. The fourth-order valence-electron chi connectivity index (χ4n) is 2.20. The fourth-order valence-corrected chi connectivity index (χ4v) is 2.20. The van der Waals surface area contributed by atoms with Crippen LogP contribution in [0.4, 0.5) is 0 Å². The molecular weight excluding hydrogens is 250 g/mol. The number of nitrogens with one attached hydrogen (secondary N) is 1. The Morgan fingerprint density at radius 1 is 1.53 bits per heavy atom. The zero-order chi connectivity index (χ0) is 14.2. The zero-order valence-corrected chi connectivity index (χ0v) is 10.4. The molecule has 2 amide bonds. The van der Waals surface area contributed by atoms with Gasteiger partial charge in [-0.2, -0.15) is 0 Å². The fraction of sp³-hybridized carbons (Fsp3) is 0.417. The number of primary amides is 1. The van der Waals surface area contributed by atoms with Gasteiger partial charge in [-0.1, -0.05) is 0 Å². The molecule has 2 heterocycles. The van der Waals surface area contributed by atoms with Crippen molar-refractivity contribution >= 4 is 11.8 Å². The van der Waals surface area contributed by atoms with E-state index in [1.807, 2.05) is 0 Å². The van der Waals surface area contributed by atoms with Gasteiger partial charge in [0, 0.05) is 30.9 Å². The van der Waals surface area contributed by atoms with Crippen molar-refractivity contribution < 1.29 is 14.7 Å². The standard InChI is InChI=1S/C12H15N3O4/c1-6-2-10(17)8(4-14-6)12(19)15-5-7(16)3-9(15)11(13)18/h2,4,7,9,16H,3,5H2,1H3,(H2,13,18)(H,14,17). The Morgan fingerprint density at radius 2 is 2.21 bits per heavy atom. The number of H-pyrrole nitrogens is 1. The van der Waals surface area contributed by atoms with Gasteiger partial charge in [0.2, 0.25) is 5.91 Å². The summed E-state index contributed by atoms with van der Waals surface area (Å²) in [4.78, 5) is 39.2. The lowest BCUT2D eigenvalue weighted by Crippen LogP contribution is -2.45. The predicted molar refractivity (Wildman–Crippen MR) is 66.4 cm³/mol. The predicted octanol–water partition coefficient (Wildman–Crippen LogP) is -1.26. The highest BCUT2D eigenvalue weighted by Gasteiger charge is 2.38. The van der Waals surface area contributed by atoms with Gasteiger partial charge in [0.25, 0.3) is 5.91 Å². The second-order valence-corrected chi connectivity index (χ2v) is 4.66. The van der Waals surface area contributed by atoms with E-state index in [1.54, 1.807) is 6.92 Å². The van der Waals surface area contributed by atoms with Crippen LogP contribution < -0.4 is 11.2 Å². The first-order valence-electron chi connectivity index (χ1n) is 5.88. The zero-order valence-electron chi connectivity index (χ0n) is 10.4. The first-order chi connectivity index (χ1) is 8.90. The molecule has 7 nitrogen and oxygen atoms in total. The lowest BCUT2D eigenvalue weighted by Gasteiger charge is -2.21. The Balaban J connectivity index is 2.33. The van der Waals surface area contributed by atoms with Gasteiger partial charge < -0.3 is 20.7 Å². The van der Waals surface area contributed by atoms with Crippen LogP contribution in [0.5, 0.6) is 0 Å². The molecule has 1 saturated heterocycles. The molecular formula is C12H15N3O4. The highest BCUT2D eigenvalue weighted by atomic mass is 16.3. The number of nitrogens with zero attached hydrogens (tertiary/aromatic N) is 1. The Hall–Kier alpha value is -2.15. The van der Waals surface area contributed by atoms with Crippen LogP contribution in [0, 0.1) is 6.92 Å². The molecule has 0 aromatic carbocycles. The van der Waals surface area contributed by atoms with Crippen LogP contribution in [-0.4, -0.2) is 45.5 Å². The number of aliphatic hydroxyl groups is 1. The summed E-state index contributed by atoms with van der Waals surface area (Å²) >= 11 is 0. The van der Waals surface area contributed by atoms with Crippen molar-refractivity contribution in [3.63, 3.8) is 0 Å². The number of amides is 2. The van der Waals surface area contributed by atoms with Crippen molar-refractivity contribution in [2.45, 2.75) is 25.5 Å². The minimum absolute atomic E-state index is 0.000242. The number of aromatic amines is 1. The number of nitrogens with two attached hydrogens (primary N) is 1. The summed E-state index contributed by atoms with van der Waals surface area (Å²) in [5.41, 5.74) is 5.34. The van der Waals surface area contributed by atoms with Crippen molar-refractivity contribution in [1.82, 2.24) is 9.88 Å². The lowest BCUT2D eigenvalue weighted by atomic mass is 10.1. The maximum absolute atomic E-state index is 12.2. The molecule has 0 spiro atoms. The number of aromatic nitrogens is 1. The molecule has 1 aliphatic heterocycles. The summed E-state index contributed by atoms with van der Waals surface area (Å²) < 4.78 is 0. The molecule has 0 bridgehead atoms. The first kappa shape index (κ1) is 13.3. The molecule has 7 heteroatoms. The van der Waals surface area contributed by atoms with Crippen LogP contribution in [0.3, 0.4) is 0 Å². The number of rotatable bonds is 2. The third kappa shape index (κ3) is 2.50. The van der Waals surface area contributed by atoms with Gasteiger partial charge in [0.05, 0.1) is 6.10 Å². The molecule has 2 unspecified atom stereocenters. The van der Waals surface area contributed by atoms with Gasteiger partial charge >= 0.3 is 0 Å². The molecule has 1 aromatic heterocycles. The number of aryl methyl sites for hydroxylation is 1. The van der Waals surface area contributed by atoms with E-state index in [9.17, 15) is 19.5 Å². The van der Waals surface area contributed by atoms with E-state index >= 15 is 0 Å². The maximum atomic E-state index is 12.2. The maximum Gasteiger partial charge on any atom is 0.260 e. The largest absolute Gasteiger partial charge is 0.391 e. The number of aliphatic hydroxyl groups excluding tert-OH is 1. The number of carbonyl (C=O) groups excluding carboxylic acids is 2. The molecule has 2 rings (SSSR count). The number of likely N-dealkylation sites (tertiary alicyclic amines) is 1. The summed E-state index contributed by atoms with van der Waals surface area (Å²) in [6.07, 6.45) is 0.610. The van der Waals surface area contributed by atoms with E-state index in [0.717, 1.165) is 4.90 Å². The molecule has 1 aliphatic rings. The minimum Gasteiger partial charge on any atom is -0.391 e. The van der Waals surface area contributed by atoms with Gasteiger partial charge in [-0.3, -0.25) is 14.4 Å². The summed E-state index contributed by atoms with van der Waals surface area (Å²) in [5, 5.41) is 9.54. The number of β-amino-alcohol motifs (C(OH)–C–C–N with tert-alkyl or cyclic N) is 1. The van der Waals surface area contributed by atoms with Gasteiger partial charge in [-0.15, -0.1) is 0 Å². The van der Waals surface area contributed by atoms with E-state index in [1.165, 1.54) is 12.3 Å². The topological polar surface area (TPSA) is 116 Å². The summed E-state index contributed by atoms with van der Waals surface area (Å²) in [7, 11) is 0. The average Bonchev–Trinajstić information content (AvgIpc) is 2.70. The number of hydrogen-bond acceptors (Lipinski definition) is 4. The van der Waals surface area contributed by atoms with Crippen LogP contribution in [-0.2, 0) is 4.79 Å². The van der Waals surface area contributed by atoms with Crippen LogP contribution in [0.2, 0.25) is 0 Å². The Morgan fingerprint density at radius 3 is 2.79 bits per heavy atom. The van der Waals surface area contributed by atoms with E-state index in [0.29, 0.717) is 5.69 Å². The molecule has 19 heavy (non-hydrogen) atoms. The van der Waals surface area contributed by atoms with E-state index < -0.39 is 29.4 Å². The molecule has 1 aromatic rings. The van der Waals surface area contributed by atoms with Crippen LogP contribution >= 0.6 is 0 Å². The molecule has 0 radical (unpaired) electrons. The van der Waals surface area contributed by atoms with Gasteiger partial charge in [0.1, 0.15) is 11.6 Å². The number of carbonyl (C=O) groups is 2. The second-order valence-electron chi connectivity index (χ2n) is 4.66. The van der Waals surface area contributed by atoms with Crippen molar-refractivity contribution in [2.24, 2.45) is 5.73 Å². The molecule has 0 aliphatic carbocycles. The van der Waals surface area contributed by atoms with E-state index in [4.69, 9.17) is 5.73 Å². The molecule has 1 fully saturated rings. The summed E-state index contributed by atoms with van der Waals surface area (Å²) in [5.74, 6) is -1.28. The van der Waals surface area contributed by atoms with Gasteiger partial charge in [-0.05, 0) is 6.92 Å². The quantitative estimate of drug-likeness (QED) is 0.619. The van der Waals surface area contributed by atoms with E-state index in [2.05, 4.69) is 4.98 Å². The normalized spacial score (nSPS) is 22.5. The van der Waals surface area contributed by atoms with Gasteiger partial charge in [-0.25, -0.2) is 0 Å². The van der Waals surface area contributed by atoms with E-state index in [-0.39, 0.29) is 18.5 Å². The van der Waals surface area contributed by atoms with Crippen molar-refractivity contribution in [3.8, 4) is 0 Å². The van der Waals surface area contributed by atoms with Gasteiger partial charge in [0.15, 0.2) is 5.43 Å². The Bertz CT molecular complexity index is 581. The number of hydrogen-bond donors (Lipinski definition) is 3. The average molecular weight is 265 g/mol. The number of pyridine rings is 1. The minimum atomic E-state index is -0.872. The Kier molecular flexibility index (Phi) is 3.39. The highest BCUT2D eigenvalue weighted by molar-refractivity contribution is 5.97. The SMILES string of the molecule is Cc1cc(=O)c(C(=O)N2CC(O)CC2C(N)=O)c[nH]1.